The molecule has 2 aromatic rings. The van der Waals surface area contributed by atoms with E-state index in [0.29, 0.717) is 15.7 Å². The second-order valence-electron chi connectivity index (χ2n) is 4.41. The van der Waals surface area contributed by atoms with Gasteiger partial charge in [0.05, 0.1) is 11.1 Å². The Morgan fingerprint density at radius 1 is 1.19 bits per heavy atom. The van der Waals surface area contributed by atoms with E-state index in [-0.39, 0.29) is 11.1 Å². The van der Waals surface area contributed by atoms with Gasteiger partial charge in [-0.05, 0) is 64.8 Å². The van der Waals surface area contributed by atoms with Crippen LogP contribution in [0.4, 0.5) is 10.1 Å². The van der Waals surface area contributed by atoms with Crippen LogP contribution in [0.25, 0.3) is 0 Å². The smallest absolute Gasteiger partial charge is 0.335 e. The Hall–Kier alpha value is -2.21. The summed E-state index contributed by atoms with van der Waals surface area (Å²) in [6, 6.07) is 8.17. The Kier molecular flexibility index (Phi) is 4.37. The topological polar surface area (TPSA) is 66.4 Å². The van der Waals surface area contributed by atoms with Crippen molar-refractivity contribution in [2.75, 3.05) is 5.32 Å². The van der Waals surface area contributed by atoms with Crippen LogP contribution in [-0.4, -0.2) is 17.0 Å². The highest BCUT2D eigenvalue weighted by molar-refractivity contribution is 9.10. The number of halogens is 2. The number of benzene rings is 2. The maximum absolute atomic E-state index is 13.0. The predicted molar refractivity (Wildman–Crippen MR) is 80.2 cm³/mol. The first-order chi connectivity index (χ1) is 9.88. The molecule has 6 heteroatoms. The van der Waals surface area contributed by atoms with Gasteiger partial charge >= 0.3 is 5.97 Å². The van der Waals surface area contributed by atoms with E-state index < -0.39 is 17.7 Å². The van der Waals surface area contributed by atoms with Crippen LogP contribution in [0.1, 0.15) is 26.3 Å². The van der Waals surface area contributed by atoms with E-state index in [9.17, 15) is 14.0 Å². The predicted octanol–water partition coefficient (Wildman–Crippen LogP) is 3.85. The molecule has 0 spiro atoms. The molecule has 0 saturated heterocycles. The number of carbonyl (C=O) groups excluding carboxylic acids is 1. The molecule has 0 aromatic heterocycles. The monoisotopic (exact) mass is 351 g/mol. The van der Waals surface area contributed by atoms with Gasteiger partial charge in [-0.25, -0.2) is 9.18 Å². The number of rotatable bonds is 3. The molecule has 2 N–H and O–H groups in total. The standard InChI is InChI=1S/C15H11BrFNO3/c1-8-6-9(15(20)21)2-5-13(8)18-14(19)11-4-3-10(17)7-12(11)16/h2-7H,1H3,(H,18,19)(H,20,21). The van der Waals surface area contributed by atoms with E-state index in [2.05, 4.69) is 21.2 Å². The lowest BCUT2D eigenvalue weighted by atomic mass is 10.1. The second kappa shape index (κ2) is 6.05. The number of carboxylic acids is 1. The molecule has 1 amide bonds. The fourth-order valence-corrected chi connectivity index (χ4v) is 2.33. The van der Waals surface area contributed by atoms with E-state index in [4.69, 9.17) is 5.11 Å². The second-order valence-corrected chi connectivity index (χ2v) is 5.27. The first-order valence-corrected chi connectivity index (χ1v) is 6.78. The van der Waals surface area contributed by atoms with Crippen molar-refractivity contribution >= 4 is 33.5 Å². The molecule has 0 radical (unpaired) electrons. The lowest BCUT2D eigenvalue weighted by Gasteiger charge is -2.10. The number of amides is 1. The number of hydrogen-bond acceptors (Lipinski definition) is 2. The summed E-state index contributed by atoms with van der Waals surface area (Å²) in [6.07, 6.45) is 0. The maximum atomic E-state index is 13.0. The third-order valence-electron chi connectivity index (χ3n) is 2.90. The van der Waals surface area contributed by atoms with E-state index in [1.807, 2.05) is 0 Å². The molecule has 4 nitrogen and oxygen atoms in total. The van der Waals surface area contributed by atoms with Gasteiger partial charge in [0.2, 0.25) is 0 Å². The largest absolute Gasteiger partial charge is 0.478 e. The van der Waals surface area contributed by atoms with Gasteiger partial charge in [-0.2, -0.15) is 0 Å². The highest BCUT2D eigenvalue weighted by atomic mass is 79.9. The average molecular weight is 352 g/mol. The Labute approximate surface area is 128 Å². The molecule has 2 aromatic carbocycles. The molecule has 0 aliphatic carbocycles. The van der Waals surface area contributed by atoms with Crippen molar-refractivity contribution in [1.29, 1.82) is 0 Å². The maximum Gasteiger partial charge on any atom is 0.335 e. The van der Waals surface area contributed by atoms with Crippen LogP contribution in [-0.2, 0) is 0 Å². The van der Waals surface area contributed by atoms with Crippen molar-refractivity contribution in [3.63, 3.8) is 0 Å². The fraction of sp³-hybridized carbons (Fsp3) is 0.0667. The molecule has 0 aliphatic heterocycles. The van der Waals surface area contributed by atoms with Gasteiger partial charge in [0.1, 0.15) is 5.82 Å². The molecule has 0 unspecified atom stereocenters. The summed E-state index contributed by atoms with van der Waals surface area (Å²) >= 11 is 3.13. The molecule has 0 atom stereocenters. The number of nitrogens with one attached hydrogen (secondary N) is 1. The van der Waals surface area contributed by atoms with E-state index >= 15 is 0 Å². The van der Waals surface area contributed by atoms with Crippen molar-refractivity contribution in [2.24, 2.45) is 0 Å². The van der Waals surface area contributed by atoms with E-state index in [1.54, 1.807) is 6.92 Å². The highest BCUT2D eigenvalue weighted by Gasteiger charge is 2.13. The summed E-state index contributed by atoms with van der Waals surface area (Å²) in [7, 11) is 0. The Morgan fingerprint density at radius 2 is 1.90 bits per heavy atom. The van der Waals surface area contributed by atoms with Crippen LogP contribution in [0.5, 0.6) is 0 Å². The zero-order valence-corrected chi connectivity index (χ0v) is 12.6. The SMILES string of the molecule is Cc1cc(C(=O)O)ccc1NC(=O)c1ccc(F)cc1Br. The highest BCUT2D eigenvalue weighted by Crippen LogP contribution is 2.21. The third kappa shape index (κ3) is 3.46. The van der Waals surface area contributed by atoms with Gasteiger partial charge in [0, 0.05) is 10.2 Å². The number of aryl methyl sites for hydroxylation is 1. The molecular weight excluding hydrogens is 341 g/mol. The van der Waals surface area contributed by atoms with Gasteiger partial charge in [0.15, 0.2) is 0 Å². The quantitative estimate of drug-likeness (QED) is 0.882. The lowest BCUT2D eigenvalue weighted by Crippen LogP contribution is -2.14. The van der Waals surface area contributed by atoms with Gasteiger partial charge < -0.3 is 10.4 Å². The normalized spacial score (nSPS) is 10.2. The van der Waals surface area contributed by atoms with Gasteiger partial charge in [-0.3, -0.25) is 4.79 Å². The van der Waals surface area contributed by atoms with E-state index in [1.165, 1.54) is 36.4 Å². The molecule has 2 rings (SSSR count). The summed E-state index contributed by atoms with van der Waals surface area (Å²) < 4.78 is 13.4. The molecule has 0 bridgehead atoms. The van der Waals surface area contributed by atoms with Crippen molar-refractivity contribution < 1.29 is 19.1 Å². The van der Waals surface area contributed by atoms with E-state index in [0.717, 1.165) is 0 Å². The van der Waals surface area contributed by atoms with Crippen molar-refractivity contribution in [3.8, 4) is 0 Å². The molecule has 21 heavy (non-hydrogen) atoms. The zero-order chi connectivity index (χ0) is 15.6. The van der Waals surface area contributed by atoms with Gasteiger partial charge in [0.25, 0.3) is 5.91 Å². The number of carboxylic acid groups (broad SMARTS) is 1. The summed E-state index contributed by atoms with van der Waals surface area (Å²) in [6.45, 7) is 1.70. The first kappa shape index (κ1) is 15.2. The summed E-state index contributed by atoms with van der Waals surface area (Å²) in [5.41, 5.74) is 1.56. The van der Waals surface area contributed by atoms with Crippen LogP contribution in [0.3, 0.4) is 0 Å². The summed E-state index contributed by atoms with van der Waals surface area (Å²) in [5.74, 6) is -1.88. The number of carbonyl (C=O) groups is 2. The van der Waals surface area contributed by atoms with Crippen LogP contribution < -0.4 is 5.32 Å². The zero-order valence-electron chi connectivity index (χ0n) is 11.0. The number of anilines is 1. The van der Waals surface area contributed by atoms with Gasteiger partial charge in [-0.1, -0.05) is 0 Å². The fourth-order valence-electron chi connectivity index (χ4n) is 1.80. The van der Waals surface area contributed by atoms with Crippen LogP contribution in [0.2, 0.25) is 0 Å². The average Bonchev–Trinajstić information content (AvgIpc) is 2.40. The first-order valence-electron chi connectivity index (χ1n) is 5.99. The minimum atomic E-state index is -1.03. The summed E-state index contributed by atoms with van der Waals surface area (Å²) in [4.78, 5) is 23.0. The summed E-state index contributed by atoms with van der Waals surface area (Å²) in [5, 5.41) is 11.6. The van der Waals surface area contributed by atoms with Crippen molar-refractivity contribution in [1.82, 2.24) is 0 Å². The minimum Gasteiger partial charge on any atom is -0.478 e. The number of hydrogen-bond donors (Lipinski definition) is 2. The number of aromatic carboxylic acids is 1. The Balaban J connectivity index is 2.25. The lowest BCUT2D eigenvalue weighted by molar-refractivity contribution is 0.0696. The van der Waals surface area contributed by atoms with Crippen LogP contribution in [0, 0.1) is 12.7 Å². The Bertz CT molecular complexity index is 731. The Morgan fingerprint density at radius 3 is 2.48 bits per heavy atom. The van der Waals surface area contributed by atoms with Crippen LogP contribution in [0.15, 0.2) is 40.9 Å². The molecule has 0 aliphatic rings. The van der Waals surface area contributed by atoms with Crippen molar-refractivity contribution in [3.05, 3.63) is 63.4 Å². The van der Waals surface area contributed by atoms with Crippen LogP contribution >= 0.6 is 15.9 Å². The van der Waals surface area contributed by atoms with Crippen molar-refractivity contribution in [2.45, 2.75) is 6.92 Å². The molecular formula is C15H11BrFNO3. The third-order valence-corrected chi connectivity index (χ3v) is 3.55. The van der Waals surface area contributed by atoms with Gasteiger partial charge in [-0.15, -0.1) is 0 Å². The molecule has 0 heterocycles. The molecule has 0 saturated carbocycles. The molecule has 0 fully saturated rings. The molecule has 108 valence electrons. The minimum absolute atomic E-state index is 0.147.